The summed E-state index contributed by atoms with van der Waals surface area (Å²) in [5.74, 6) is -0.622. The van der Waals surface area contributed by atoms with Crippen molar-refractivity contribution in [2.24, 2.45) is 5.92 Å². The minimum atomic E-state index is -3.79. The van der Waals surface area contributed by atoms with Gasteiger partial charge in [-0.15, -0.1) is 0 Å². The van der Waals surface area contributed by atoms with Crippen molar-refractivity contribution in [3.8, 4) is 0 Å². The second-order valence-corrected chi connectivity index (χ2v) is 5.79. The number of nitrogen functional groups attached to an aromatic ring is 1. The lowest BCUT2D eigenvalue weighted by Crippen LogP contribution is -2.28. The van der Waals surface area contributed by atoms with E-state index in [4.69, 9.17) is 5.73 Å². The zero-order valence-corrected chi connectivity index (χ0v) is 10.7. The first kappa shape index (κ1) is 13.9. The molecule has 0 aliphatic rings. The van der Waals surface area contributed by atoms with E-state index in [0.717, 1.165) is 12.5 Å². The van der Waals surface area contributed by atoms with Crippen LogP contribution in [0.15, 0.2) is 23.1 Å². The van der Waals surface area contributed by atoms with Crippen molar-refractivity contribution >= 4 is 15.7 Å². The van der Waals surface area contributed by atoms with E-state index in [0.29, 0.717) is 6.54 Å². The number of nitrogens with two attached hydrogens (primary N) is 1. The van der Waals surface area contributed by atoms with Crippen LogP contribution in [0, 0.1) is 11.7 Å². The van der Waals surface area contributed by atoms with Crippen molar-refractivity contribution in [2.45, 2.75) is 25.2 Å². The first-order chi connectivity index (χ1) is 7.86. The molecule has 0 amide bonds. The van der Waals surface area contributed by atoms with Gasteiger partial charge in [-0.25, -0.2) is 17.5 Å². The summed E-state index contributed by atoms with van der Waals surface area (Å²) in [6, 6.07) is 3.53. The van der Waals surface area contributed by atoms with Crippen LogP contribution in [0.1, 0.15) is 20.3 Å². The molecule has 1 aromatic rings. The number of rotatable bonds is 5. The molecule has 0 aliphatic heterocycles. The van der Waals surface area contributed by atoms with Crippen molar-refractivity contribution in [1.29, 1.82) is 0 Å². The van der Waals surface area contributed by atoms with Gasteiger partial charge in [0.1, 0.15) is 10.7 Å². The summed E-state index contributed by atoms with van der Waals surface area (Å²) in [7, 11) is -3.79. The van der Waals surface area contributed by atoms with Crippen LogP contribution >= 0.6 is 0 Å². The van der Waals surface area contributed by atoms with Crippen LogP contribution in [0.2, 0.25) is 0 Å². The number of sulfonamides is 1. The number of hydrogen-bond donors (Lipinski definition) is 2. The quantitative estimate of drug-likeness (QED) is 0.792. The van der Waals surface area contributed by atoms with Crippen LogP contribution in [0.4, 0.5) is 10.1 Å². The number of halogens is 1. The molecule has 6 heteroatoms. The molecule has 1 aromatic carbocycles. The fourth-order valence-electron chi connectivity index (χ4n) is 1.21. The highest BCUT2D eigenvalue weighted by Crippen LogP contribution is 2.17. The molecule has 0 bridgehead atoms. The molecule has 0 aromatic heterocycles. The van der Waals surface area contributed by atoms with E-state index in [-0.39, 0.29) is 16.5 Å². The Morgan fingerprint density at radius 2 is 2.12 bits per heavy atom. The summed E-state index contributed by atoms with van der Waals surface area (Å²) < 4.78 is 39.4. The molecule has 4 nitrogen and oxygen atoms in total. The summed E-state index contributed by atoms with van der Waals surface area (Å²) in [5.41, 5.74) is 5.56. The molecule has 0 fully saturated rings. The normalized spacial score (nSPS) is 13.6. The third-order valence-corrected chi connectivity index (χ3v) is 4.02. The van der Waals surface area contributed by atoms with Crippen molar-refractivity contribution in [3.05, 3.63) is 24.0 Å². The van der Waals surface area contributed by atoms with Crippen molar-refractivity contribution < 1.29 is 12.8 Å². The fraction of sp³-hybridized carbons (Fsp3) is 0.455. The molecule has 17 heavy (non-hydrogen) atoms. The second kappa shape index (κ2) is 5.46. The predicted molar refractivity (Wildman–Crippen MR) is 65.5 cm³/mol. The Morgan fingerprint density at radius 1 is 1.47 bits per heavy atom. The van der Waals surface area contributed by atoms with E-state index < -0.39 is 15.8 Å². The van der Waals surface area contributed by atoms with Crippen LogP contribution in [-0.2, 0) is 10.0 Å². The molecular weight excluding hydrogens is 243 g/mol. The van der Waals surface area contributed by atoms with Gasteiger partial charge in [0.15, 0.2) is 0 Å². The first-order valence-corrected chi connectivity index (χ1v) is 6.89. The summed E-state index contributed by atoms with van der Waals surface area (Å²) in [6.07, 6.45) is 0.854. The molecule has 0 heterocycles. The molecular formula is C11H17FN2O2S. The maximum absolute atomic E-state index is 13.5. The Morgan fingerprint density at radius 3 is 2.65 bits per heavy atom. The average Bonchev–Trinajstić information content (AvgIpc) is 2.25. The maximum atomic E-state index is 13.5. The number of anilines is 1. The minimum absolute atomic E-state index is 0.198. The lowest BCUT2D eigenvalue weighted by Gasteiger charge is -2.11. The molecule has 1 unspecified atom stereocenters. The predicted octanol–water partition coefficient (Wildman–Crippen LogP) is 1.73. The monoisotopic (exact) mass is 260 g/mol. The van der Waals surface area contributed by atoms with Gasteiger partial charge in [0.2, 0.25) is 10.0 Å². The van der Waals surface area contributed by atoms with Gasteiger partial charge in [-0.1, -0.05) is 20.3 Å². The highest BCUT2D eigenvalue weighted by atomic mass is 32.2. The van der Waals surface area contributed by atoms with Crippen LogP contribution in [-0.4, -0.2) is 15.0 Å². The van der Waals surface area contributed by atoms with E-state index in [1.807, 2.05) is 13.8 Å². The van der Waals surface area contributed by atoms with Crippen LogP contribution in [0.3, 0.4) is 0 Å². The number of hydrogen-bond acceptors (Lipinski definition) is 3. The highest BCUT2D eigenvalue weighted by molar-refractivity contribution is 7.89. The standard InChI is InChI=1S/C11H17FN2O2S/c1-3-8(2)7-14-17(15,16)11-5-4-9(13)6-10(11)12/h4-6,8,14H,3,7,13H2,1-2H3. The second-order valence-electron chi connectivity index (χ2n) is 4.06. The van der Waals surface area contributed by atoms with Gasteiger partial charge < -0.3 is 5.73 Å². The Labute approximate surface area is 101 Å². The summed E-state index contributed by atoms with van der Waals surface area (Å²) in [5, 5.41) is 0. The molecule has 1 rings (SSSR count). The molecule has 0 radical (unpaired) electrons. The Kier molecular flexibility index (Phi) is 4.47. The third kappa shape index (κ3) is 3.67. The van der Waals surface area contributed by atoms with Gasteiger partial charge in [0.05, 0.1) is 0 Å². The van der Waals surface area contributed by atoms with Crippen LogP contribution in [0.25, 0.3) is 0 Å². The van der Waals surface area contributed by atoms with E-state index in [2.05, 4.69) is 4.72 Å². The number of nitrogens with one attached hydrogen (secondary N) is 1. The molecule has 1 atom stereocenters. The molecule has 0 saturated heterocycles. The minimum Gasteiger partial charge on any atom is -0.399 e. The zero-order chi connectivity index (χ0) is 13.1. The molecule has 96 valence electrons. The summed E-state index contributed by atoms with van der Waals surface area (Å²) in [6.45, 7) is 4.17. The maximum Gasteiger partial charge on any atom is 0.243 e. The molecule has 0 aliphatic carbocycles. The Hall–Kier alpha value is -1.14. The summed E-state index contributed by atoms with van der Waals surface area (Å²) >= 11 is 0. The average molecular weight is 260 g/mol. The lowest BCUT2D eigenvalue weighted by atomic mass is 10.1. The van der Waals surface area contributed by atoms with Crippen molar-refractivity contribution in [2.75, 3.05) is 12.3 Å². The topological polar surface area (TPSA) is 72.2 Å². The Balaban J connectivity index is 2.90. The van der Waals surface area contributed by atoms with E-state index >= 15 is 0 Å². The van der Waals surface area contributed by atoms with Gasteiger partial charge in [-0.05, 0) is 24.1 Å². The zero-order valence-electron chi connectivity index (χ0n) is 9.90. The van der Waals surface area contributed by atoms with Crippen LogP contribution in [0.5, 0.6) is 0 Å². The van der Waals surface area contributed by atoms with Crippen molar-refractivity contribution in [3.63, 3.8) is 0 Å². The van der Waals surface area contributed by atoms with Gasteiger partial charge in [0, 0.05) is 12.2 Å². The first-order valence-electron chi connectivity index (χ1n) is 5.41. The van der Waals surface area contributed by atoms with E-state index in [1.54, 1.807) is 0 Å². The SMILES string of the molecule is CCC(C)CNS(=O)(=O)c1ccc(N)cc1F. The van der Waals surface area contributed by atoms with Crippen LogP contribution < -0.4 is 10.5 Å². The molecule has 3 N–H and O–H groups in total. The van der Waals surface area contributed by atoms with Gasteiger partial charge >= 0.3 is 0 Å². The van der Waals surface area contributed by atoms with Gasteiger partial charge in [-0.2, -0.15) is 0 Å². The Bertz CT molecular complexity index is 488. The highest BCUT2D eigenvalue weighted by Gasteiger charge is 2.19. The van der Waals surface area contributed by atoms with E-state index in [9.17, 15) is 12.8 Å². The van der Waals surface area contributed by atoms with Gasteiger partial charge in [-0.3, -0.25) is 0 Å². The summed E-state index contributed by atoms with van der Waals surface area (Å²) in [4.78, 5) is -0.366. The largest absolute Gasteiger partial charge is 0.399 e. The lowest BCUT2D eigenvalue weighted by molar-refractivity contribution is 0.521. The fourth-order valence-corrected chi connectivity index (χ4v) is 2.43. The van der Waals surface area contributed by atoms with E-state index in [1.165, 1.54) is 12.1 Å². The smallest absolute Gasteiger partial charge is 0.243 e. The molecule has 0 saturated carbocycles. The van der Waals surface area contributed by atoms with Gasteiger partial charge in [0.25, 0.3) is 0 Å². The number of benzene rings is 1. The molecule has 0 spiro atoms. The third-order valence-electron chi connectivity index (χ3n) is 2.56. The van der Waals surface area contributed by atoms with Crippen molar-refractivity contribution in [1.82, 2.24) is 4.72 Å².